The summed E-state index contributed by atoms with van der Waals surface area (Å²) in [6.07, 6.45) is 6.63. The molecule has 124 valence electrons. The number of aryl methyl sites for hydroxylation is 1. The summed E-state index contributed by atoms with van der Waals surface area (Å²) in [5.74, 6) is 0.0412. The molecule has 0 spiro atoms. The number of fused-ring (bicyclic) bond motifs is 1. The molecule has 4 nitrogen and oxygen atoms in total. The third-order valence-electron chi connectivity index (χ3n) is 4.33. The molecule has 0 aliphatic heterocycles. The summed E-state index contributed by atoms with van der Waals surface area (Å²) in [6.45, 7) is 0. The Morgan fingerprint density at radius 3 is 2.50 bits per heavy atom. The Morgan fingerprint density at radius 1 is 1.12 bits per heavy atom. The summed E-state index contributed by atoms with van der Waals surface area (Å²) in [5, 5.41) is 12.2. The second-order valence-electron chi connectivity index (χ2n) is 6.01. The topological polar surface area (TPSA) is 66.7 Å². The molecule has 1 N–H and O–H groups in total. The molecule has 0 radical (unpaired) electrons. The molecule has 3 rings (SSSR count). The molecular formula is C19H19NO3S. The van der Waals surface area contributed by atoms with Crippen molar-refractivity contribution in [3.05, 3.63) is 65.2 Å². The van der Waals surface area contributed by atoms with E-state index in [9.17, 15) is 8.42 Å². The van der Waals surface area contributed by atoms with Crippen molar-refractivity contribution in [1.29, 1.82) is 0 Å². The number of allylic oxidation sites excluding steroid dienone is 1. The van der Waals surface area contributed by atoms with Crippen LogP contribution in [0.1, 0.15) is 23.1 Å². The lowest BCUT2D eigenvalue weighted by Gasteiger charge is -2.25. The van der Waals surface area contributed by atoms with Gasteiger partial charge in [0.2, 0.25) is 0 Å². The Bertz CT molecular complexity index is 896. The fourth-order valence-electron chi connectivity index (χ4n) is 3.10. The van der Waals surface area contributed by atoms with Gasteiger partial charge in [-0.3, -0.25) is 0 Å². The Balaban J connectivity index is 2.05. The van der Waals surface area contributed by atoms with Gasteiger partial charge in [0.25, 0.3) is 0 Å². The Kier molecular flexibility index (Phi) is 4.53. The van der Waals surface area contributed by atoms with Crippen molar-refractivity contribution in [3.8, 4) is 0 Å². The minimum absolute atomic E-state index is 0.0412. The van der Waals surface area contributed by atoms with Gasteiger partial charge in [-0.15, -0.1) is 5.16 Å². The van der Waals surface area contributed by atoms with Gasteiger partial charge in [0.15, 0.2) is 9.84 Å². The van der Waals surface area contributed by atoms with Crippen LogP contribution in [0.4, 0.5) is 0 Å². The van der Waals surface area contributed by atoms with Gasteiger partial charge < -0.3 is 5.21 Å². The van der Waals surface area contributed by atoms with E-state index < -0.39 is 9.84 Å². The largest absolute Gasteiger partial charge is 0.411 e. The number of hydrogen-bond donors (Lipinski definition) is 1. The predicted molar refractivity (Wildman–Crippen MR) is 96.0 cm³/mol. The van der Waals surface area contributed by atoms with Crippen LogP contribution in [0, 0.1) is 5.92 Å². The van der Waals surface area contributed by atoms with E-state index in [-0.39, 0.29) is 5.92 Å². The first-order valence-electron chi connectivity index (χ1n) is 7.76. The van der Waals surface area contributed by atoms with E-state index in [1.165, 1.54) is 11.8 Å². The number of oxime groups is 1. The first kappa shape index (κ1) is 16.5. The normalized spacial score (nSPS) is 19.5. The van der Waals surface area contributed by atoms with Crippen LogP contribution in [0.2, 0.25) is 0 Å². The van der Waals surface area contributed by atoms with Crippen molar-refractivity contribution in [2.24, 2.45) is 11.1 Å². The van der Waals surface area contributed by atoms with Crippen LogP contribution < -0.4 is 0 Å². The molecule has 1 unspecified atom stereocenters. The molecule has 1 atom stereocenters. The van der Waals surface area contributed by atoms with E-state index in [2.05, 4.69) is 17.3 Å². The fourth-order valence-corrected chi connectivity index (χ4v) is 3.73. The molecule has 0 aromatic heterocycles. The molecule has 2 aromatic carbocycles. The Morgan fingerprint density at radius 2 is 1.83 bits per heavy atom. The van der Waals surface area contributed by atoms with Crippen LogP contribution in [0.5, 0.6) is 0 Å². The van der Waals surface area contributed by atoms with E-state index in [1.54, 1.807) is 30.5 Å². The molecule has 2 aromatic rings. The smallest absolute Gasteiger partial charge is 0.175 e. The standard InChI is InChI=1S/C19H19NO3S/c1-24(22,23)17-10-6-14(7-11-17)12-19-16(13-20-21)9-8-15-4-2-3-5-18(15)19/h2-7,10-13,16,21H,8-9H2,1H3/b19-12+,20-13+. The zero-order chi connectivity index (χ0) is 17.2. The summed E-state index contributed by atoms with van der Waals surface area (Å²) < 4.78 is 23.1. The molecular weight excluding hydrogens is 322 g/mol. The lowest BCUT2D eigenvalue weighted by atomic mass is 9.79. The molecule has 0 bridgehead atoms. The van der Waals surface area contributed by atoms with Crippen molar-refractivity contribution in [2.45, 2.75) is 17.7 Å². The maximum atomic E-state index is 11.6. The van der Waals surface area contributed by atoms with Gasteiger partial charge >= 0.3 is 0 Å². The van der Waals surface area contributed by atoms with Gasteiger partial charge in [-0.2, -0.15) is 0 Å². The van der Waals surface area contributed by atoms with Crippen LogP contribution >= 0.6 is 0 Å². The van der Waals surface area contributed by atoms with Crippen LogP contribution in [0.15, 0.2) is 58.6 Å². The maximum absolute atomic E-state index is 11.6. The highest BCUT2D eigenvalue weighted by atomic mass is 32.2. The molecule has 24 heavy (non-hydrogen) atoms. The van der Waals surface area contributed by atoms with Crippen molar-refractivity contribution >= 4 is 27.7 Å². The van der Waals surface area contributed by atoms with Gasteiger partial charge in [-0.05, 0) is 47.2 Å². The average Bonchev–Trinajstić information content (AvgIpc) is 2.57. The van der Waals surface area contributed by atoms with Gasteiger partial charge in [-0.25, -0.2) is 8.42 Å². The minimum Gasteiger partial charge on any atom is -0.411 e. The van der Waals surface area contributed by atoms with E-state index >= 15 is 0 Å². The van der Waals surface area contributed by atoms with Gasteiger partial charge in [0.05, 0.1) is 11.1 Å². The van der Waals surface area contributed by atoms with Gasteiger partial charge in [-0.1, -0.05) is 42.5 Å². The number of benzene rings is 2. The number of rotatable bonds is 3. The zero-order valence-electron chi connectivity index (χ0n) is 13.4. The SMILES string of the molecule is CS(=O)(=O)c1ccc(/C=C2/c3ccccc3CCC2/C=N/O)cc1. The van der Waals surface area contributed by atoms with Gasteiger partial charge in [0, 0.05) is 12.2 Å². The number of sulfone groups is 1. The lowest BCUT2D eigenvalue weighted by molar-refractivity contribution is 0.319. The van der Waals surface area contributed by atoms with Crippen LogP contribution in [-0.4, -0.2) is 26.1 Å². The molecule has 0 fully saturated rings. The average molecular weight is 341 g/mol. The van der Waals surface area contributed by atoms with Crippen LogP contribution in [-0.2, 0) is 16.3 Å². The van der Waals surface area contributed by atoms with Crippen molar-refractivity contribution in [1.82, 2.24) is 0 Å². The van der Waals surface area contributed by atoms with E-state index in [1.807, 2.05) is 18.2 Å². The zero-order valence-corrected chi connectivity index (χ0v) is 14.2. The highest BCUT2D eigenvalue weighted by Crippen LogP contribution is 2.36. The Hall–Kier alpha value is -2.40. The lowest BCUT2D eigenvalue weighted by Crippen LogP contribution is -2.14. The van der Waals surface area contributed by atoms with Crippen molar-refractivity contribution in [3.63, 3.8) is 0 Å². The molecule has 0 saturated heterocycles. The third kappa shape index (κ3) is 3.41. The monoisotopic (exact) mass is 341 g/mol. The highest BCUT2D eigenvalue weighted by Gasteiger charge is 2.22. The molecule has 1 aliphatic rings. The molecule has 0 heterocycles. The summed E-state index contributed by atoms with van der Waals surface area (Å²) in [7, 11) is -3.20. The molecule has 0 saturated carbocycles. The third-order valence-corrected chi connectivity index (χ3v) is 5.46. The van der Waals surface area contributed by atoms with Crippen molar-refractivity contribution < 1.29 is 13.6 Å². The van der Waals surface area contributed by atoms with Crippen LogP contribution in [0.25, 0.3) is 11.6 Å². The number of hydrogen-bond acceptors (Lipinski definition) is 4. The summed E-state index contributed by atoms with van der Waals surface area (Å²) in [4.78, 5) is 0.308. The molecule has 5 heteroatoms. The first-order chi connectivity index (χ1) is 11.5. The van der Waals surface area contributed by atoms with E-state index in [4.69, 9.17) is 5.21 Å². The van der Waals surface area contributed by atoms with Crippen molar-refractivity contribution in [2.75, 3.05) is 6.26 Å². The summed E-state index contributed by atoms with van der Waals surface area (Å²) in [6, 6.07) is 15.0. The molecule has 1 aliphatic carbocycles. The second kappa shape index (κ2) is 6.61. The minimum atomic E-state index is -3.20. The van der Waals surface area contributed by atoms with E-state index in [0.717, 1.165) is 29.5 Å². The van der Waals surface area contributed by atoms with Crippen LogP contribution in [0.3, 0.4) is 0 Å². The Labute approximate surface area is 142 Å². The van der Waals surface area contributed by atoms with E-state index in [0.29, 0.717) is 4.90 Å². The summed E-state index contributed by atoms with van der Waals surface area (Å²) in [5.41, 5.74) is 4.44. The predicted octanol–water partition coefficient (Wildman–Crippen LogP) is 3.65. The number of nitrogens with zero attached hydrogens (tertiary/aromatic N) is 1. The first-order valence-corrected chi connectivity index (χ1v) is 9.66. The highest BCUT2D eigenvalue weighted by molar-refractivity contribution is 7.90. The molecule has 0 amide bonds. The second-order valence-corrected chi connectivity index (χ2v) is 8.02. The fraction of sp³-hybridized carbons (Fsp3) is 0.211. The van der Waals surface area contributed by atoms with Gasteiger partial charge in [0.1, 0.15) is 0 Å². The quantitative estimate of drug-likeness (QED) is 0.526. The summed E-state index contributed by atoms with van der Waals surface area (Å²) >= 11 is 0. The maximum Gasteiger partial charge on any atom is 0.175 e.